The minimum absolute atomic E-state index is 0.132. The van der Waals surface area contributed by atoms with E-state index >= 15 is 0 Å². The van der Waals surface area contributed by atoms with Gasteiger partial charge >= 0.3 is 5.97 Å². The van der Waals surface area contributed by atoms with E-state index in [-0.39, 0.29) is 6.42 Å². The van der Waals surface area contributed by atoms with Crippen molar-refractivity contribution in [3.63, 3.8) is 0 Å². The summed E-state index contributed by atoms with van der Waals surface area (Å²) in [5.74, 6) is -1.81. The maximum absolute atomic E-state index is 13.1. The molecule has 0 aliphatic carbocycles. The highest BCUT2D eigenvalue weighted by Gasteiger charge is 2.30. The van der Waals surface area contributed by atoms with Crippen LogP contribution in [0.4, 0.5) is 4.39 Å². The van der Waals surface area contributed by atoms with Crippen molar-refractivity contribution in [3.05, 3.63) is 34.1 Å². The van der Waals surface area contributed by atoms with Crippen LogP contribution in [0.15, 0.2) is 22.7 Å². The zero-order chi connectivity index (χ0) is 11.6. The van der Waals surface area contributed by atoms with Crippen molar-refractivity contribution in [2.45, 2.75) is 18.9 Å². The van der Waals surface area contributed by atoms with Crippen molar-refractivity contribution >= 4 is 21.9 Å². The maximum atomic E-state index is 13.1. The predicted octanol–water partition coefficient (Wildman–Crippen LogP) is 1.97. The summed E-state index contributed by atoms with van der Waals surface area (Å²) in [6, 6.07) is 4.23. The molecule has 2 N–H and O–H groups in total. The molecule has 0 amide bonds. The molecule has 1 aromatic carbocycles. The molecule has 1 aromatic rings. The number of aliphatic hydroxyl groups is 1. The van der Waals surface area contributed by atoms with Crippen molar-refractivity contribution in [2.24, 2.45) is 0 Å². The molecule has 0 saturated heterocycles. The highest BCUT2D eigenvalue weighted by molar-refractivity contribution is 9.10. The Kier molecular flexibility index (Phi) is 3.46. The molecule has 0 aliphatic heterocycles. The Balaban J connectivity index is 2.91. The van der Waals surface area contributed by atoms with E-state index in [4.69, 9.17) is 5.11 Å². The smallest absolute Gasteiger partial charge is 0.335 e. The average Bonchev–Trinajstić information content (AvgIpc) is 2.10. The molecular weight excluding hydrogens is 267 g/mol. The first-order valence-electron chi connectivity index (χ1n) is 4.22. The van der Waals surface area contributed by atoms with E-state index in [0.29, 0.717) is 10.0 Å². The molecule has 15 heavy (non-hydrogen) atoms. The molecule has 0 fully saturated rings. The summed E-state index contributed by atoms with van der Waals surface area (Å²) in [5.41, 5.74) is -1.44. The maximum Gasteiger partial charge on any atom is 0.335 e. The molecule has 0 radical (unpaired) electrons. The van der Waals surface area contributed by atoms with Crippen molar-refractivity contribution < 1.29 is 19.4 Å². The molecular formula is C10H10BrFO3. The fraction of sp³-hybridized carbons (Fsp3) is 0.300. The number of hydrogen-bond donors (Lipinski definition) is 2. The van der Waals surface area contributed by atoms with Gasteiger partial charge in [0.2, 0.25) is 0 Å². The fourth-order valence-corrected chi connectivity index (χ4v) is 1.37. The quantitative estimate of drug-likeness (QED) is 0.888. The zero-order valence-corrected chi connectivity index (χ0v) is 9.58. The SMILES string of the molecule is CC(O)(Cc1ccc(Br)c(F)c1)C(=O)O. The van der Waals surface area contributed by atoms with Crippen LogP contribution in [0, 0.1) is 5.82 Å². The Labute approximate surface area is 94.7 Å². The lowest BCUT2D eigenvalue weighted by atomic mass is 9.97. The molecule has 3 nitrogen and oxygen atoms in total. The minimum Gasteiger partial charge on any atom is -0.479 e. The first-order valence-corrected chi connectivity index (χ1v) is 5.02. The van der Waals surface area contributed by atoms with Gasteiger partial charge in [0.25, 0.3) is 0 Å². The number of rotatable bonds is 3. The Morgan fingerprint density at radius 1 is 1.60 bits per heavy atom. The molecule has 0 aromatic heterocycles. The Hall–Kier alpha value is -0.940. The number of carboxylic acid groups (broad SMARTS) is 1. The van der Waals surface area contributed by atoms with Gasteiger partial charge in [0.1, 0.15) is 5.82 Å². The van der Waals surface area contributed by atoms with Gasteiger partial charge in [0.05, 0.1) is 4.47 Å². The minimum atomic E-state index is -1.87. The van der Waals surface area contributed by atoms with E-state index < -0.39 is 17.4 Å². The van der Waals surface area contributed by atoms with Crippen molar-refractivity contribution in [3.8, 4) is 0 Å². The summed E-state index contributed by atoms with van der Waals surface area (Å²) < 4.78 is 13.4. The third-order valence-electron chi connectivity index (χ3n) is 1.99. The Morgan fingerprint density at radius 3 is 2.67 bits per heavy atom. The van der Waals surface area contributed by atoms with E-state index in [1.165, 1.54) is 19.1 Å². The molecule has 0 heterocycles. The van der Waals surface area contributed by atoms with Gasteiger partial charge in [0.15, 0.2) is 5.60 Å². The Morgan fingerprint density at radius 2 is 2.20 bits per heavy atom. The van der Waals surface area contributed by atoms with Gasteiger partial charge in [-0.3, -0.25) is 0 Å². The number of halogens is 2. The predicted molar refractivity (Wildman–Crippen MR) is 56.1 cm³/mol. The largest absolute Gasteiger partial charge is 0.479 e. The van der Waals surface area contributed by atoms with Gasteiger partial charge in [-0.15, -0.1) is 0 Å². The van der Waals surface area contributed by atoms with Gasteiger partial charge in [-0.25, -0.2) is 9.18 Å². The van der Waals surface area contributed by atoms with E-state index in [2.05, 4.69) is 15.9 Å². The van der Waals surface area contributed by atoms with Crippen LogP contribution in [0.25, 0.3) is 0 Å². The summed E-state index contributed by atoms with van der Waals surface area (Å²) in [4.78, 5) is 10.6. The number of carboxylic acids is 1. The van der Waals surface area contributed by atoms with Crippen LogP contribution >= 0.6 is 15.9 Å². The van der Waals surface area contributed by atoms with Crippen LogP contribution in [0.1, 0.15) is 12.5 Å². The van der Waals surface area contributed by atoms with E-state index in [1.807, 2.05) is 0 Å². The second-order valence-electron chi connectivity index (χ2n) is 3.50. The topological polar surface area (TPSA) is 57.5 Å². The number of hydrogen-bond acceptors (Lipinski definition) is 2. The molecule has 0 bridgehead atoms. The number of benzene rings is 1. The first kappa shape index (κ1) is 12.1. The van der Waals surface area contributed by atoms with Crippen LogP contribution < -0.4 is 0 Å². The van der Waals surface area contributed by atoms with E-state index in [9.17, 15) is 14.3 Å². The average molecular weight is 277 g/mol. The fourth-order valence-electron chi connectivity index (χ4n) is 1.12. The summed E-state index contributed by atoms with van der Waals surface area (Å²) in [5, 5.41) is 18.1. The molecule has 5 heteroatoms. The first-order chi connectivity index (χ1) is 6.83. The van der Waals surface area contributed by atoms with Crippen molar-refractivity contribution in [2.75, 3.05) is 0 Å². The highest BCUT2D eigenvalue weighted by Crippen LogP contribution is 2.19. The lowest BCUT2D eigenvalue weighted by Crippen LogP contribution is -2.37. The molecule has 0 aliphatic rings. The van der Waals surface area contributed by atoms with Crippen LogP contribution in [-0.2, 0) is 11.2 Å². The van der Waals surface area contributed by atoms with Gasteiger partial charge in [0, 0.05) is 6.42 Å². The molecule has 1 unspecified atom stereocenters. The van der Waals surface area contributed by atoms with E-state index in [1.54, 1.807) is 6.07 Å². The third-order valence-corrected chi connectivity index (χ3v) is 2.64. The second-order valence-corrected chi connectivity index (χ2v) is 4.36. The molecule has 82 valence electrons. The van der Waals surface area contributed by atoms with Crippen molar-refractivity contribution in [1.29, 1.82) is 0 Å². The summed E-state index contributed by atoms with van der Waals surface area (Å²) >= 11 is 2.98. The molecule has 0 spiro atoms. The third kappa shape index (κ3) is 3.00. The normalized spacial score (nSPS) is 14.7. The van der Waals surface area contributed by atoms with Crippen molar-refractivity contribution in [1.82, 2.24) is 0 Å². The Bertz CT molecular complexity index is 390. The van der Waals surface area contributed by atoms with Crippen LogP contribution in [0.3, 0.4) is 0 Å². The summed E-state index contributed by atoms with van der Waals surface area (Å²) in [6.07, 6.45) is -0.132. The number of carbonyl (C=O) groups is 1. The zero-order valence-electron chi connectivity index (χ0n) is 8.00. The van der Waals surface area contributed by atoms with Gasteiger partial charge in [-0.1, -0.05) is 6.07 Å². The van der Waals surface area contributed by atoms with Gasteiger partial charge < -0.3 is 10.2 Å². The molecule has 0 saturated carbocycles. The van der Waals surface area contributed by atoms with E-state index in [0.717, 1.165) is 0 Å². The lowest BCUT2D eigenvalue weighted by Gasteiger charge is -2.17. The van der Waals surface area contributed by atoms with Crippen LogP contribution in [0.2, 0.25) is 0 Å². The summed E-state index contributed by atoms with van der Waals surface area (Å²) in [6.45, 7) is 1.18. The summed E-state index contributed by atoms with van der Waals surface area (Å²) in [7, 11) is 0. The van der Waals surface area contributed by atoms with Crippen LogP contribution in [0.5, 0.6) is 0 Å². The lowest BCUT2D eigenvalue weighted by molar-refractivity contribution is -0.156. The number of aliphatic carboxylic acids is 1. The second kappa shape index (κ2) is 4.28. The van der Waals surface area contributed by atoms with Crippen LogP contribution in [-0.4, -0.2) is 21.8 Å². The highest BCUT2D eigenvalue weighted by atomic mass is 79.9. The standard InChI is InChI=1S/C10H10BrFO3/c1-10(15,9(13)14)5-6-2-3-7(11)8(12)4-6/h2-4,15H,5H2,1H3,(H,13,14). The van der Waals surface area contributed by atoms with Gasteiger partial charge in [-0.2, -0.15) is 0 Å². The monoisotopic (exact) mass is 276 g/mol. The molecule has 1 rings (SSSR count). The molecule has 1 atom stereocenters. The van der Waals surface area contributed by atoms with Gasteiger partial charge in [-0.05, 0) is 40.5 Å².